The monoisotopic (exact) mass is 494 g/mol. The highest BCUT2D eigenvalue weighted by atomic mass is 32.2. The zero-order valence-electron chi connectivity index (χ0n) is 19.2. The Morgan fingerprint density at radius 3 is 2.43 bits per heavy atom. The third kappa shape index (κ3) is 5.52. The minimum atomic E-state index is -3.85. The predicted molar refractivity (Wildman–Crippen MR) is 130 cm³/mol. The van der Waals surface area contributed by atoms with Crippen LogP contribution in [0.5, 0.6) is 5.75 Å². The van der Waals surface area contributed by atoms with E-state index >= 15 is 0 Å². The molecular weight excluding hydrogens is 468 g/mol. The highest BCUT2D eigenvalue weighted by Crippen LogP contribution is 2.36. The number of ether oxygens (including phenoxy) is 2. The fourth-order valence-electron chi connectivity index (χ4n) is 4.15. The zero-order chi connectivity index (χ0) is 24.8. The van der Waals surface area contributed by atoms with Crippen molar-refractivity contribution in [2.75, 3.05) is 25.6 Å². The quantitative estimate of drug-likeness (QED) is 0.481. The fourth-order valence-corrected chi connectivity index (χ4v) is 5.78. The molecule has 0 saturated heterocycles. The second kappa shape index (κ2) is 10.7. The first-order valence-corrected chi connectivity index (χ1v) is 12.6. The number of nitrogens with zero attached hydrogens (tertiary/aromatic N) is 1. The third-order valence-electron chi connectivity index (χ3n) is 5.82. The lowest BCUT2D eigenvalue weighted by Gasteiger charge is -2.36. The van der Waals surface area contributed by atoms with E-state index in [1.165, 1.54) is 23.5 Å². The Hall–Kier alpha value is -3.69. The first-order valence-electron chi connectivity index (χ1n) is 11.1. The van der Waals surface area contributed by atoms with Crippen molar-refractivity contribution in [3.63, 3.8) is 0 Å². The zero-order valence-corrected chi connectivity index (χ0v) is 20.0. The average molecular weight is 495 g/mol. The van der Waals surface area contributed by atoms with E-state index in [-0.39, 0.29) is 17.9 Å². The number of sulfonamides is 1. The summed E-state index contributed by atoms with van der Waals surface area (Å²) in [5, 5.41) is 2.64. The third-order valence-corrected chi connectivity index (χ3v) is 7.74. The Morgan fingerprint density at radius 2 is 1.66 bits per heavy atom. The molecule has 182 valence electrons. The second-order valence-corrected chi connectivity index (χ2v) is 9.90. The molecule has 0 spiro atoms. The summed E-state index contributed by atoms with van der Waals surface area (Å²) in [4.78, 5) is 25.3. The summed E-state index contributed by atoms with van der Waals surface area (Å²) >= 11 is 0. The number of anilines is 1. The van der Waals surface area contributed by atoms with Crippen molar-refractivity contribution in [1.82, 2.24) is 4.31 Å². The lowest BCUT2D eigenvalue weighted by atomic mass is 9.92. The number of hydrogen-bond donors (Lipinski definition) is 1. The van der Waals surface area contributed by atoms with Crippen molar-refractivity contribution in [3.8, 4) is 5.75 Å². The lowest BCUT2D eigenvalue weighted by molar-refractivity contribution is -0.148. The summed E-state index contributed by atoms with van der Waals surface area (Å²) in [6.07, 6.45) is 0.320. The van der Waals surface area contributed by atoms with E-state index in [1.807, 2.05) is 24.3 Å². The van der Waals surface area contributed by atoms with E-state index in [1.54, 1.807) is 42.5 Å². The van der Waals surface area contributed by atoms with Crippen molar-refractivity contribution in [2.45, 2.75) is 23.8 Å². The van der Waals surface area contributed by atoms with E-state index in [0.717, 1.165) is 11.1 Å². The van der Waals surface area contributed by atoms with Crippen LogP contribution in [0.4, 0.5) is 5.69 Å². The normalized spacial score (nSPS) is 15.6. The SMILES string of the molecule is COc1ccccc1NC(=O)COC(=O)CC1c2ccccc2CCN1S(=O)(=O)c1ccccc1. The summed E-state index contributed by atoms with van der Waals surface area (Å²) in [5.41, 5.74) is 2.20. The maximum Gasteiger partial charge on any atom is 0.308 e. The van der Waals surface area contributed by atoms with Gasteiger partial charge in [-0.25, -0.2) is 8.42 Å². The highest BCUT2D eigenvalue weighted by molar-refractivity contribution is 7.89. The van der Waals surface area contributed by atoms with Crippen LogP contribution in [0.25, 0.3) is 0 Å². The van der Waals surface area contributed by atoms with Gasteiger partial charge in [-0.3, -0.25) is 9.59 Å². The van der Waals surface area contributed by atoms with Crippen LogP contribution in [-0.4, -0.2) is 44.9 Å². The van der Waals surface area contributed by atoms with Gasteiger partial charge in [-0.1, -0.05) is 54.6 Å². The van der Waals surface area contributed by atoms with Gasteiger partial charge in [0.2, 0.25) is 10.0 Å². The molecule has 3 aromatic rings. The number of benzene rings is 3. The average Bonchev–Trinajstić information content (AvgIpc) is 2.88. The first kappa shape index (κ1) is 24.4. The standard InChI is InChI=1S/C26H26N2O6S/c1-33-24-14-8-7-13-22(24)27-25(29)18-34-26(30)17-23-21-12-6-5-9-19(21)15-16-28(23)35(31,32)20-10-3-2-4-11-20/h2-14,23H,15-18H2,1H3,(H,27,29). The largest absolute Gasteiger partial charge is 0.495 e. The maximum atomic E-state index is 13.4. The number of nitrogens with one attached hydrogen (secondary N) is 1. The number of carbonyl (C=O) groups excluding carboxylic acids is 2. The molecule has 3 aromatic carbocycles. The van der Waals surface area contributed by atoms with Crippen LogP contribution in [-0.2, 0) is 30.8 Å². The molecule has 1 atom stereocenters. The molecule has 9 heteroatoms. The van der Waals surface area contributed by atoms with Gasteiger partial charge in [0.25, 0.3) is 5.91 Å². The molecule has 0 fully saturated rings. The van der Waals surface area contributed by atoms with Crippen molar-refractivity contribution in [2.24, 2.45) is 0 Å². The molecule has 1 N–H and O–H groups in total. The predicted octanol–water partition coefficient (Wildman–Crippen LogP) is 3.56. The molecule has 0 aromatic heterocycles. The Morgan fingerprint density at radius 1 is 0.971 bits per heavy atom. The topological polar surface area (TPSA) is 102 Å². The summed E-state index contributed by atoms with van der Waals surface area (Å²) in [6, 6.07) is 21.7. The number of esters is 1. The number of fused-ring (bicyclic) bond motifs is 1. The molecule has 0 radical (unpaired) electrons. The van der Waals surface area contributed by atoms with Crippen molar-refractivity contribution in [3.05, 3.63) is 90.0 Å². The van der Waals surface area contributed by atoms with Crippen LogP contribution in [0.3, 0.4) is 0 Å². The number of carbonyl (C=O) groups is 2. The van der Waals surface area contributed by atoms with Crippen LogP contribution in [0.1, 0.15) is 23.6 Å². The minimum Gasteiger partial charge on any atom is -0.495 e. The van der Waals surface area contributed by atoms with Crippen LogP contribution in [0.15, 0.2) is 83.8 Å². The molecule has 1 aliphatic heterocycles. The number of amides is 1. The Kier molecular flexibility index (Phi) is 7.48. The maximum absolute atomic E-state index is 13.4. The van der Waals surface area contributed by atoms with Gasteiger partial charge >= 0.3 is 5.97 Å². The Labute approximate surface area is 204 Å². The molecule has 0 aliphatic carbocycles. The van der Waals surface area contributed by atoms with E-state index in [9.17, 15) is 18.0 Å². The molecule has 1 heterocycles. The van der Waals surface area contributed by atoms with Gasteiger partial charge in [0.1, 0.15) is 5.75 Å². The van der Waals surface area contributed by atoms with Gasteiger partial charge in [0, 0.05) is 6.54 Å². The molecule has 4 rings (SSSR count). The first-order chi connectivity index (χ1) is 16.9. The van der Waals surface area contributed by atoms with Gasteiger partial charge < -0.3 is 14.8 Å². The van der Waals surface area contributed by atoms with Gasteiger partial charge in [-0.2, -0.15) is 4.31 Å². The Bertz CT molecular complexity index is 1310. The molecule has 1 unspecified atom stereocenters. The second-order valence-electron chi connectivity index (χ2n) is 8.01. The number of rotatable bonds is 8. The van der Waals surface area contributed by atoms with Gasteiger partial charge in [-0.15, -0.1) is 0 Å². The summed E-state index contributed by atoms with van der Waals surface area (Å²) in [5.74, 6) is -0.719. The molecule has 0 saturated carbocycles. The van der Waals surface area contributed by atoms with Gasteiger partial charge in [-0.05, 0) is 41.8 Å². The van der Waals surface area contributed by atoms with E-state index < -0.39 is 34.5 Å². The molecule has 35 heavy (non-hydrogen) atoms. The summed E-state index contributed by atoms with van der Waals surface area (Å²) in [7, 11) is -2.36. The summed E-state index contributed by atoms with van der Waals surface area (Å²) in [6.45, 7) is -0.267. The van der Waals surface area contributed by atoms with Crippen molar-refractivity contribution >= 4 is 27.6 Å². The minimum absolute atomic E-state index is 0.161. The van der Waals surface area contributed by atoms with Crippen LogP contribution >= 0.6 is 0 Å². The molecular formula is C26H26N2O6S. The van der Waals surface area contributed by atoms with Gasteiger partial charge in [0.05, 0.1) is 30.2 Å². The molecule has 8 nitrogen and oxygen atoms in total. The van der Waals surface area contributed by atoms with Crippen molar-refractivity contribution < 1.29 is 27.5 Å². The molecule has 0 bridgehead atoms. The molecule has 1 amide bonds. The summed E-state index contributed by atoms with van der Waals surface area (Å²) < 4.78 is 38.6. The van der Waals surface area contributed by atoms with Crippen molar-refractivity contribution in [1.29, 1.82) is 0 Å². The van der Waals surface area contributed by atoms with Crippen LogP contribution < -0.4 is 10.1 Å². The Balaban J connectivity index is 1.48. The van der Waals surface area contributed by atoms with E-state index in [4.69, 9.17) is 9.47 Å². The lowest BCUT2D eigenvalue weighted by Crippen LogP contribution is -2.41. The smallest absolute Gasteiger partial charge is 0.308 e. The van der Waals surface area contributed by atoms with Crippen LogP contribution in [0, 0.1) is 0 Å². The number of para-hydroxylation sites is 2. The van der Waals surface area contributed by atoms with E-state index in [2.05, 4.69) is 5.32 Å². The highest BCUT2D eigenvalue weighted by Gasteiger charge is 2.37. The molecule has 1 aliphatic rings. The number of hydrogen-bond acceptors (Lipinski definition) is 6. The fraction of sp³-hybridized carbons (Fsp3) is 0.231. The van der Waals surface area contributed by atoms with E-state index in [0.29, 0.717) is 17.9 Å². The van der Waals surface area contributed by atoms with Crippen LogP contribution in [0.2, 0.25) is 0 Å². The number of methoxy groups -OCH3 is 1. The van der Waals surface area contributed by atoms with Gasteiger partial charge in [0.15, 0.2) is 6.61 Å².